The highest BCUT2D eigenvalue weighted by molar-refractivity contribution is 5.87. The third kappa shape index (κ3) is 4.74. The number of alkyl halides is 6. The van der Waals surface area contributed by atoms with Gasteiger partial charge in [-0.1, -0.05) is 12.1 Å². The van der Waals surface area contributed by atoms with Crippen LogP contribution in [0.5, 0.6) is 0 Å². The van der Waals surface area contributed by atoms with Crippen LogP contribution in [-0.2, 0) is 26.2 Å². The molecule has 1 unspecified atom stereocenters. The van der Waals surface area contributed by atoms with Crippen molar-refractivity contribution in [3.8, 4) is 5.69 Å². The van der Waals surface area contributed by atoms with Crippen molar-refractivity contribution >= 4 is 17.0 Å². The van der Waals surface area contributed by atoms with E-state index in [1.807, 2.05) is 0 Å². The molecule has 0 fully saturated rings. The van der Waals surface area contributed by atoms with E-state index in [0.29, 0.717) is 4.57 Å². The van der Waals surface area contributed by atoms with Gasteiger partial charge >= 0.3 is 29.7 Å². The maximum atomic E-state index is 13.7. The molecule has 0 amide bonds. The Labute approximate surface area is 225 Å². The zero-order valence-electron chi connectivity index (χ0n) is 21.1. The maximum absolute atomic E-state index is 13.7. The van der Waals surface area contributed by atoms with Gasteiger partial charge in [0.1, 0.15) is 5.56 Å². The molecule has 2 aromatic heterocycles. The van der Waals surface area contributed by atoms with Gasteiger partial charge in [0.2, 0.25) is 0 Å². The van der Waals surface area contributed by atoms with Crippen molar-refractivity contribution in [1.29, 1.82) is 0 Å². The zero-order valence-corrected chi connectivity index (χ0v) is 21.1. The van der Waals surface area contributed by atoms with E-state index >= 15 is 0 Å². The lowest BCUT2D eigenvalue weighted by atomic mass is 10.0. The summed E-state index contributed by atoms with van der Waals surface area (Å²) in [5.74, 6) is -1.71. The number of nitrogens with zero attached hydrogens (tertiary/aromatic N) is 4. The van der Waals surface area contributed by atoms with Crippen molar-refractivity contribution in [2.45, 2.75) is 44.2 Å². The number of halogens is 6. The van der Waals surface area contributed by atoms with E-state index in [-0.39, 0.29) is 40.7 Å². The minimum absolute atomic E-state index is 0.0156. The Morgan fingerprint density at radius 2 is 1.71 bits per heavy atom. The Bertz CT molecular complexity index is 1890. The molecule has 4 aromatic rings. The predicted octanol–water partition coefficient (Wildman–Crippen LogP) is 3.86. The summed E-state index contributed by atoms with van der Waals surface area (Å²) >= 11 is 0. The summed E-state index contributed by atoms with van der Waals surface area (Å²) in [5.41, 5.74) is -4.73. The Balaban J connectivity index is 1.72. The molecule has 0 radical (unpaired) electrons. The number of carboxylic acid groups (broad SMARTS) is 1. The van der Waals surface area contributed by atoms with Gasteiger partial charge in [0.25, 0.3) is 5.56 Å². The molecule has 15 heteroatoms. The summed E-state index contributed by atoms with van der Waals surface area (Å²) in [6, 6.07) is 6.00. The minimum Gasteiger partial charge on any atom is -0.477 e. The van der Waals surface area contributed by atoms with Crippen LogP contribution in [0.25, 0.3) is 16.7 Å². The summed E-state index contributed by atoms with van der Waals surface area (Å²) in [5, 5.41) is 9.71. The molecule has 0 saturated carbocycles. The lowest BCUT2D eigenvalue weighted by Crippen LogP contribution is -2.43. The molecule has 41 heavy (non-hydrogen) atoms. The number of hydrogen-bond donors (Lipinski definition) is 1. The van der Waals surface area contributed by atoms with Crippen molar-refractivity contribution < 1.29 is 36.2 Å². The van der Waals surface area contributed by atoms with E-state index < -0.39 is 65.4 Å². The van der Waals surface area contributed by atoms with Gasteiger partial charge in [-0.2, -0.15) is 26.3 Å². The number of fused-ring (bicyclic) bond motifs is 2. The molecule has 2 heterocycles. The Hall–Kier alpha value is -4.56. The molecule has 1 N–H and O–H groups in total. The molecule has 1 aliphatic carbocycles. The normalized spacial score (nSPS) is 15.4. The number of benzene rings is 2. The van der Waals surface area contributed by atoms with Gasteiger partial charge in [0.05, 0.1) is 34.7 Å². The van der Waals surface area contributed by atoms with Gasteiger partial charge in [0, 0.05) is 19.8 Å². The molecule has 9 nitrogen and oxygen atoms in total. The van der Waals surface area contributed by atoms with Crippen molar-refractivity contribution in [1.82, 2.24) is 18.3 Å². The molecule has 216 valence electrons. The highest BCUT2D eigenvalue weighted by atomic mass is 19.4. The fourth-order valence-electron chi connectivity index (χ4n) is 5.35. The summed E-state index contributed by atoms with van der Waals surface area (Å²) in [6.45, 7) is -0.724. The number of aryl methyl sites for hydroxylation is 2. The molecule has 0 bridgehead atoms. The molecule has 2 aromatic carbocycles. The zero-order chi connectivity index (χ0) is 30.0. The standard InChI is InChI=1S/C26H20F6N4O5/c1-33-19-7-5-13(11-20(19)34(23(33)40)10-9-25(27,28)29)35-12-16(22(38)39)21(37)36(24(35)41)18-8-6-14-15(18)3-2-4-17(14)26(30,31)32/h2-5,7,11-12,18H,6,8-10H2,1H3,(H,38,39). The Morgan fingerprint density at radius 3 is 2.34 bits per heavy atom. The molecule has 5 rings (SSSR count). The van der Waals surface area contributed by atoms with E-state index in [2.05, 4.69) is 0 Å². The summed E-state index contributed by atoms with van der Waals surface area (Å²) in [4.78, 5) is 51.5. The van der Waals surface area contributed by atoms with Crippen molar-refractivity contribution in [2.75, 3.05) is 0 Å². The Kier molecular flexibility index (Phi) is 6.50. The minimum atomic E-state index is -4.69. The van der Waals surface area contributed by atoms with E-state index in [0.717, 1.165) is 32.0 Å². The first-order chi connectivity index (χ1) is 19.1. The van der Waals surface area contributed by atoms with Crippen LogP contribution in [0.15, 0.2) is 57.0 Å². The Morgan fingerprint density at radius 1 is 1.00 bits per heavy atom. The van der Waals surface area contributed by atoms with Crippen molar-refractivity contribution in [2.24, 2.45) is 7.05 Å². The quantitative estimate of drug-likeness (QED) is 0.360. The lowest BCUT2D eigenvalue weighted by Gasteiger charge is -2.19. The van der Waals surface area contributed by atoms with E-state index in [4.69, 9.17) is 0 Å². The predicted molar refractivity (Wildman–Crippen MR) is 133 cm³/mol. The maximum Gasteiger partial charge on any atom is 0.416 e. The molecular formula is C26H20F6N4O5. The summed E-state index contributed by atoms with van der Waals surface area (Å²) < 4.78 is 82.8. The van der Waals surface area contributed by atoms with Crippen LogP contribution in [0, 0.1) is 0 Å². The van der Waals surface area contributed by atoms with Crippen molar-refractivity contribution in [3.05, 3.63) is 96.2 Å². The number of imidazole rings is 1. The second kappa shape index (κ2) is 9.52. The van der Waals surface area contributed by atoms with E-state index in [1.54, 1.807) is 0 Å². The molecule has 0 aliphatic heterocycles. The number of carboxylic acids is 1. The van der Waals surface area contributed by atoms with Gasteiger partial charge in [-0.15, -0.1) is 0 Å². The summed E-state index contributed by atoms with van der Waals surface area (Å²) in [7, 11) is 1.34. The number of aromatic nitrogens is 4. The van der Waals surface area contributed by atoms with Gasteiger partial charge in [-0.05, 0) is 48.2 Å². The van der Waals surface area contributed by atoms with Crippen LogP contribution in [0.3, 0.4) is 0 Å². The molecule has 0 spiro atoms. The number of rotatable bonds is 5. The topological polar surface area (TPSA) is 108 Å². The van der Waals surface area contributed by atoms with Crippen LogP contribution >= 0.6 is 0 Å². The largest absolute Gasteiger partial charge is 0.477 e. The fourth-order valence-corrected chi connectivity index (χ4v) is 5.35. The van der Waals surface area contributed by atoms with Crippen LogP contribution in [-0.4, -0.2) is 35.5 Å². The third-order valence-electron chi connectivity index (χ3n) is 7.23. The van der Waals surface area contributed by atoms with Crippen LogP contribution in [0.1, 0.15) is 45.9 Å². The smallest absolute Gasteiger partial charge is 0.416 e. The first kappa shape index (κ1) is 28.0. The van der Waals surface area contributed by atoms with E-state index in [9.17, 15) is 50.6 Å². The van der Waals surface area contributed by atoms with Gasteiger partial charge in [0.15, 0.2) is 0 Å². The average Bonchev–Trinajstić information content (AvgIpc) is 3.40. The molecule has 1 aliphatic rings. The fraction of sp³-hybridized carbons (Fsp3) is 0.308. The van der Waals surface area contributed by atoms with Gasteiger partial charge in [-0.25, -0.2) is 14.4 Å². The lowest BCUT2D eigenvalue weighted by molar-refractivity contribution is -0.138. The molecular weight excluding hydrogens is 562 g/mol. The number of hydrogen-bond acceptors (Lipinski definition) is 4. The number of carbonyl (C=O) groups is 1. The third-order valence-corrected chi connectivity index (χ3v) is 7.23. The molecule has 1 atom stereocenters. The first-order valence-electron chi connectivity index (χ1n) is 12.2. The van der Waals surface area contributed by atoms with E-state index in [1.165, 1.54) is 31.3 Å². The SMILES string of the molecule is Cn1c(=O)n(CCC(F)(F)F)c2cc(-n3cc(C(=O)O)c(=O)n(C4CCc5c4cccc5C(F)(F)F)c3=O)ccc21. The van der Waals surface area contributed by atoms with Gasteiger partial charge in [-0.3, -0.25) is 23.1 Å². The summed E-state index contributed by atoms with van der Waals surface area (Å²) in [6.07, 6.45) is -10.0. The highest BCUT2D eigenvalue weighted by Crippen LogP contribution is 2.41. The second-order valence-corrected chi connectivity index (χ2v) is 9.63. The van der Waals surface area contributed by atoms with Crippen molar-refractivity contribution in [3.63, 3.8) is 0 Å². The monoisotopic (exact) mass is 582 g/mol. The number of aromatic carboxylic acids is 1. The highest BCUT2D eigenvalue weighted by Gasteiger charge is 2.38. The van der Waals surface area contributed by atoms with Crippen LogP contribution < -0.4 is 16.9 Å². The molecule has 0 saturated heterocycles. The second-order valence-electron chi connectivity index (χ2n) is 9.63. The van der Waals surface area contributed by atoms with Crippen LogP contribution in [0.2, 0.25) is 0 Å². The first-order valence-corrected chi connectivity index (χ1v) is 12.2. The van der Waals surface area contributed by atoms with Crippen LogP contribution in [0.4, 0.5) is 26.3 Å². The van der Waals surface area contributed by atoms with Gasteiger partial charge < -0.3 is 5.11 Å². The average molecular weight is 582 g/mol.